The number of hydrogen-bond acceptors (Lipinski definition) is 7. The van der Waals surface area contributed by atoms with E-state index in [0.717, 1.165) is 54.8 Å². The molecule has 1 saturated heterocycles. The maximum Gasteiger partial charge on any atom is 0.490 e. The van der Waals surface area contributed by atoms with Gasteiger partial charge in [-0.05, 0) is 66.5 Å². The van der Waals surface area contributed by atoms with Crippen LogP contribution in [0.2, 0.25) is 0 Å². The molecule has 226 valence electrons. The van der Waals surface area contributed by atoms with Gasteiger partial charge in [0, 0.05) is 43.2 Å². The predicted octanol–water partition coefficient (Wildman–Crippen LogP) is 5.74. The van der Waals surface area contributed by atoms with Crippen LogP contribution in [0.5, 0.6) is 0 Å². The molecule has 0 aliphatic carbocycles. The summed E-state index contributed by atoms with van der Waals surface area (Å²) in [7, 11) is 2.05. The Bertz CT molecular complexity index is 1440. The second-order valence-electron chi connectivity index (χ2n) is 9.15. The summed E-state index contributed by atoms with van der Waals surface area (Å²) in [5.74, 6) is -5.02. The fourth-order valence-electron chi connectivity index (χ4n) is 4.09. The van der Waals surface area contributed by atoms with Crippen LogP contribution in [0.4, 0.5) is 26.3 Å². The molecule has 0 atom stereocenters. The highest BCUT2D eigenvalue weighted by atomic mass is 32.1. The van der Waals surface area contributed by atoms with Crippen LogP contribution in [0.3, 0.4) is 0 Å². The Morgan fingerprint density at radius 2 is 1.67 bits per heavy atom. The number of likely N-dealkylation sites (tertiary alicyclic amines) is 1. The zero-order valence-corrected chi connectivity index (χ0v) is 22.7. The van der Waals surface area contributed by atoms with E-state index in [1.807, 2.05) is 18.6 Å². The summed E-state index contributed by atoms with van der Waals surface area (Å²) in [5, 5.41) is 18.7. The molecule has 5 rings (SSSR count). The number of imidazole rings is 1. The van der Waals surface area contributed by atoms with Crippen molar-refractivity contribution in [2.45, 2.75) is 37.7 Å². The third kappa shape index (κ3) is 8.97. The number of pyridine rings is 2. The van der Waals surface area contributed by atoms with E-state index in [1.165, 1.54) is 11.3 Å². The van der Waals surface area contributed by atoms with E-state index in [1.54, 1.807) is 17.5 Å². The zero-order valence-electron chi connectivity index (χ0n) is 21.9. The van der Waals surface area contributed by atoms with Gasteiger partial charge in [-0.15, -0.1) is 0 Å². The summed E-state index contributed by atoms with van der Waals surface area (Å²) >= 11 is 1.78. The van der Waals surface area contributed by atoms with E-state index in [0.29, 0.717) is 5.92 Å². The molecule has 0 saturated carbocycles. The van der Waals surface area contributed by atoms with E-state index in [4.69, 9.17) is 24.8 Å². The summed E-state index contributed by atoms with van der Waals surface area (Å²) in [5.41, 5.74) is 6.69. The van der Waals surface area contributed by atoms with Gasteiger partial charge in [0.2, 0.25) is 0 Å². The molecule has 0 spiro atoms. The lowest BCUT2D eigenvalue weighted by atomic mass is 9.92. The van der Waals surface area contributed by atoms with Gasteiger partial charge in [0.25, 0.3) is 0 Å². The van der Waals surface area contributed by atoms with Gasteiger partial charge in [0.1, 0.15) is 5.52 Å². The number of aliphatic carboxylic acids is 2. The summed E-state index contributed by atoms with van der Waals surface area (Å²) in [6, 6.07) is 8.49. The van der Waals surface area contributed by atoms with Crippen LogP contribution in [-0.4, -0.2) is 72.0 Å². The van der Waals surface area contributed by atoms with Gasteiger partial charge < -0.3 is 14.8 Å². The molecule has 1 aliphatic rings. The first-order chi connectivity index (χ1) is 19.7. The average Bonchev–Trinajstić information content (AvgIpc) is 3.58. The molecular weight excluding hydrogens is 592 g/mol. The van der Waals surface area contributed by atoms with Crippen LogP contribution in [0.15, 0.2) is 53.7 Å². The topological polar surface area (TPSA) is 121 Å². The average molecular weight is 618 g/mol. The maximum absolute atomic E-state index is 10.6. The monoisotopic (exact) mass is 617 g/mol. The largest absolute Gasteiger partial charge is 0.490 e. The highest BCUT2D eigenvalue weighted by Crippen LogP contribution is 2.33. The molecule has 5 heterocycles. The first-order valence-electron chi connectivity index (χ1n) is 12.2. The quantitative estimate of drug-likeness (QED) is 0.278. The van der Waals surface area contributed by atoms with Crippen LogP contribution in [-0.2, 0) is 23.2 Å². The standard InChI is InChI=1S/C22H23N5S.2C2HF3O2/c1-26-15-24-22-20(26)11-19(25-21(22)18-3-2-7-23-12-18)17-4-8-27(9-5-17)13-16-6-10-28-14-16;2*3-2(4,5)1(6)7/h2-3,6-7,10-12,14-15,17H,4-5,8-9,13H2,1H3;2*(H,6,7). The van der Waals surface area contributed by atoms with Crippen molar-refractivity contribution < 1.29 is 46.1 Å². The summed E-state index contributed by atoms with van der Waals surface area (Å²) in [4.78, 5) is 34.3. The molecule has 2 N–H and O–H groups in total. The van der Waals surface area contributed by atoms with Crippen molar-refractivity contribution in [3.8, 4) is 11.3 Å². The van der Waals surface area contributed by atoms with Crippen molar-refractivity contribution in [2.24, 2.45) is 7.05 Å². The Morgan fingerprint density at radius 1 is 1.05 bits per heavy atom. The van der Waals surface area contributed by atoms with Crippen molar-refractivity contribution >= 4 is 34.3 Å². The van der Waals surface area contributed by atoms with Crippen LogP contribution < -0.4 is 0 Å². The van der Waals surface area contributed by atoms with Gasteiger partial charge in [-0.3, -0.25) is 14.9 Å². The molecule has 1 aliphatic heterocycles. The van der Waals surface area contributed by atoms with Gasteiger partial charge >= 0.3 is 24.3 Å². The SMILES string of the molecule is Cn1cnc2c(-c3cccnc3)nc(C3CCN(Cc4ccsc4)CC3)cc21.O=C(O)C(F)(F)F.O=C(O)C(F)(F)F. The van der Waals surface area contributed by atoms with Gasteiger partial charge in [-0.1, -0.05) is 0 Å². The maximum atomic E-state index is 10.6. The van der Waals surface area contributed by atoms with Gasteiger partial charge in [0.15, 0.2) is 0 Å². The van der Waals surface area contributed by atoms with Crippen molar-refractivity contribution in [1.29, 1.82) is 0 Å². The van der Waals surface area contributed by atoms with Gasteiger partial charge in [-0.25, -0.2) is 14.6 Å². The van der Waals surface area contributed by atoms with E-state index in [2.05, 4.69) is 55.4 Å². The minimum Gasteiger partial charge on any atom is -0.475 e. The number of carboxylic acids is 2. The van der Waals surface area contributed by atoms with Crippen LogP contribution in [0.25, 0.3) is 22.3 Å². The van der Waals surface area contributed by atoms with Crippen molar-refractivity contribution in [3.05, 3.63) is 65.0 Å². The Labute approximate surface area is 239 Å². The molecule has 0 unspecified atom stereocenters. The molecular formula is C26H25F6N5O4S. The number of piperidine rings is 1. The third-order valence-electron chi connectivity index (χ3n) is 6.14. The molecule has 9 nitrogen and oxygen atoms in total. The number of alkyl halides is 6. The summed E-state index contributed by atoms with van der Waals surface area (Å²) < 4.78 is 65.6. The molecule has 4 aromatic rings. The van der Waals surface area contributed by atoms with E-state index < -0.39 is 24.3 Å². The number of carboxylic acid groups (broad SMARTS) is 2. The molecule has 0 aromatic carbocycles. The first kappa shape index (κ1) is 32.5. The molecule has 42 heavy (non-hydrogen) atoms. The van der Waals surface area contributed by atoms with Crippen LogP contribution in [0, 0.1) is 0 Å². The normalized spacial score (nSPS) is 14.5. The Balaban J connectivity index is 0.000000289. The number of fused-ring (bicyclic) bond motifs is 1. The Hall–Kier alpha value is -4.05. The molecule has 4 aromatic heterocycles. The van der Waals surface area contributed by atoms with E-state index in [-0.39, 0.29) is 0 Å². The minimum absolute atomic E-state index is 0.494. The number of rotatable bonds is 4. The number of carbonyl (C=O) groups is 2. The molecule has 1 fully saturated rings. The lowest BCUT2D eigenvalue weighted by Gasteiger charge is -2.31. The summed E-state index contributed by atoms with van der Waals surface area (Å²) in [6.07, 6.45) is -2.32. The Morgan fingerprint density at radius 3 is 2.17 bits per heavy atom. The second kappa shape index (κ2) is 13.7. The van der Waals surface area contributed by atoms with Crippen LogP contribution in [0.1, 0.15) is 30.0 Å². The van der Waals surface area contributed by atoms with Gasteiger partial charge in [0.05, 0.1) is 17.5 Å². The zero-order chi connectivity index (χ0) is 31.1. The van der Waals surface area contributed by atoms with Gasteiger partial charge in [-0.2, -0.15) is 37.7 Å². The highest BCUT2D eigenvalue weighted by Gasteiger charge is 2.38. The molecule has 0 amide bonds. The number of thiophene rings is 1. The van der Waals surface area contributed by atoms with Crippen LogP contribution >= 0.6 is 11.3 Å². The van der Waals surface area contributed by atoms with E-state index in [9.17, 15) is 26.3 Å². The number of hydrogen-bond donors (Lipinski definition) is 2. The lowest BCUT2D eigenvalue weighted by Crippen LogP contribution is -2.32. The van der Waals surface area contributed by atoms with Crippen molar-refractivity contribution in [1.82, 2.24) is 24.4 Å². The first-order valence-corrected chi connectivity index (χ1v) is 13.2. The number of aromatic nitrogens is 4. The smallest absolute Gasteiger partial charge is 0.475 e. The third-order valence-corrected chi connectivity index (χ3v) is 6.88. The minimum atomic E-state index is -5.08. The molecule has 16 heteroatoms. The van der Waals surface area contributed by atoms with Crippen molar-refractivity contribution in [2.75, 3.05) is 13.1 Å². The molecule has 0 radical (unpaired) electrons. The number of nitrogens with zero attached hydrogens (tertiary/aromatic N) is 5. The predicted molar refractivity (Wildman–Crippen MR) is 141 cm³/mol. The lowest BCUT2D eigenvalue weighted by molar-refractivity contribution is -0.193. The fraction of sp³-hybridized carbons (Fsp3) is 0.346. The molecule has 0 bridgehead atoms. The Kier molecular flexibility index (Phi) is 10.6. The number of aryl methyl sites for hydroxylation is 1. The fourth-order valence-corrected chi connectivity index (χ4v) is 4.75. The highest BCUT2D eigenvalue weighted by molar-refractivity contribution is 7.07. The second-order valence-corrected chi connectivity index (χ2v) is 9.93. The number of halogens is 6. The van der Waals surface area contributed by atoms with E-state index >= 15 is 0 Å². The summed E-state index contributed by atoms with van der Waals surface area (Å²) in [6.45, 7) is 3.30. The van der Waals surface area contributed by atoms with Crippen molar-refractivity contribution in [3.63, 3.8) is 0 Å².